The Morgan fingerprint density at radius 3 is 2.77 bits per heavy atom. The van der Waals surface area contributed by atoms with Crippen molar-refractivity contribution in [3.05, 3.63) is 55.0 Å². The van der Waals surface area contributed by atoms with Crippen molar-refractivity contribution < 1.29 is 4.39 Å². The van der Waals surface area contributed by atoms with E-state index in [1.54, 1.807) is 42.3 Å². The third-order valence-corrected chi connectivity index (χ3v) is 6.35. The number of aromatic amines is 3. The van der Waals surface area contributed by atoms with Crippen LogP contribution in [0.25, 0.3) is 64.4 Å². The fourth-order valence-corrected chi connectivity index (χ4v) is 4.84. The van der Waals surface area contributed by atoms with Gasteiger partial charge in [0.1, 0.15) is 16.6 Å². The molecule has 148 valence electrons. The van der Waals surface area contributed by atoms with E-state index in [1.165, 1.54) is 0 Å². The molecule has 0 amide bonds. The molecule has 0 unspecified atom stereocenters. The van der Waals surface area contributed by atoms with Crippen LogP contribution in [0.3, 0.4) is 0 Å². The van der Waals surface area contributed by atoms with Gasteiger partial charge in [-0.3, -0.25) is 20.1 Å². The van der Waals surface area contributed by atoms with Crippen LogP contribution in [0, 0.1) is 5.82 Å². The Bertz CT molecular complexity index is 1870. The number of hydrogen-bond acceptors (Lipinski definition) is 6. The number of fused-ring (bicyclic) bond motifs is 9. The standard InChI is InChI=1S/C21H11FN8S/c22-17-16-12-8-25-18(17)9-3-10(5-23-4-9)26-15-2-1-14(31-15)11-6-24-7-13-19(11)28-21(27-13)20(16)30-29-12/h1-8,26H,(H,27,28)(H,29,30). The number of imidazole rings is 1. The average Bonchev–Trinajstić information content (AvgIpc) is 3.51. The van der Waals surface area contributed by atoms with E-state index in [1.807, 2.05) is 18.2 Å². The van der Waals surface area contributed by atoms with Crippen molar-refractivity contribution in [2.75, 3.05) is 0 Å². The number of H-pyrrole nitrogens is 3. The Morgan fingerprint density at radius 2 is 1.81 bits per heavy atom. The molecule has 0 saturated heterocycles. The highest BCUT2D eigenvalue weighted by Crippen LogP contribution is 2.30. The maximum Gasteiger partial charge on any atom is 0.161 e. The normalized spacial score (nSPS) is 12.0. The van der Waals surface area contributed by atoms with Crippen LogP contribution in [0.15, 0.2) is 49.2 Å². The highest BCUT2D eigenvalue weighted by atomic mass is 32.1. The molecule has 7 aromatic rings. The first-order chi connectivity index (χ1) is 15.2. The highest BCUT2D eigenvalue weighted by molar-refractivity contribution is 7.23. The zero-order valence-corrected chi connectivity index (χ0v) is 16.5. The van der Waals surface area contributed by atoms with E-state index in [0.29, 0.717) is 27.5 Å². The predicted molar refractivity (Wildman–Crippen MR) is 119 cm³/mol. The van der Waals surface area contributed by atoms with Gasteiger partial charge in [-0.05, 0) is 18.2 Å². The summed E-state index contributed by atoms with van der Waals surface area (Å²) in [6, 6.07) is 5.84. The number of hydrogen-bond donors (Lipinski definition) is 3. The molecule has 0 aliphatic carbocycles. The number of pyridine rings is 3. The smallest absolute Gasteiger partial charge is 0.161 e. The molecule has 31 heavy (non-hydrogen) atoms. The van der Waals surface area contributed by atoms with Gasteiger partial charge in [0.05, 0.1) is 45.4 Å². The summed E-state index contributed by atoms with van der Waals surface area (Å²) in [5.41, 5.74) is 3.79. The van der Waals surface area contributed by atoms with Gasteiger partial charge in [-0.25, -0.2) is 9.37 Å². The van der Waals surface area contributed by atoms with Crippen molar-refractivity contribution in [1.29, 1.82) is 0 Å². The first kappa shape index (κ1) is 16.6. The summed E-state index contributed by atoms with van der Waals surface area (Å²) >= 11 is 1.58. The van der Waals surface area contributed by atoms with Gasteiger partial charge in [0.15, 0.2) is 11.5 Å². The summed E-state index contributed by atoms with van der Waals surface area (Å²) in [6.45, 7) is 0. The second kappa shape index (κ2) is 5.92. The van der Waals surface area contributed by atoms with Crippen molar-refractivity contribution in [2.45, 2.75) is 0 Å². The second-order valence-electron chi connectivity index (χ2n) is 7.20. The van der Waals surface area contributed by atoms with Crippen LogP contribution in [-0.4, -0.2) is 40.1 Å². The van der Waals surface area contributed by atoms with E-state index in [0.717, 1.165) is 31.5 Å². The van der Waals surface area contributed by atoms with E-state index >= 15 is 4.39 Å². The fourth-order valence-electron chi connectivity index (χ4n) is 3.90. The molecule has 7 aromatic heterocycles. The SMILES string of the molecule is Fc1c2ncc3[nH]nc(c4nc5c(cncc5c5ccc([nH]c6cncc2c6)s5)[nH]4)c13. The molecular weight excluding hydrogens is 415 g/mol. The molecule has 8 nitrogen and oxygen atoms in total. The van der Waals surface area contributed by atoms with Crippen LogP contribution in [-0.2, 0) is 0 Å². The lowest BCUT2D eigenvalue weighted by molar-refractivity contribution is 0.648. The monoisotopic (exact) mass is 426 g/mol. The van der Waals surface area contributed by atoms with Gasteiger partial charge < -0.3 is 9.97 Å². The minimum absolute atomic E-state index is 0.200. The Kier molecular flexibility index (Phi) is 3.17. The number of thiophene rings is 1. The molecule has 0 fully saturated rings. The van der Waals surface area contributed by atoms with Crippen molar-refractivity contribution >= 4 is 75.8 Å². The topological polar surface area (TPSA) is 112 Å². The third kappa shape index (κ3) is 2.36. The summed E-state index contributed by atoms with van der Waals surface area (Å²) in [5, 5.41) is 8.97. The lowest BCUT2D eigenvalue weighted by Crippen LogP contribution is -1.86. The molecule has 3 N–H and O–H groups in total. The largest absolute Gasteiger partial charge is 0.346 e. The van der Waals surface area contributed by atoms with Gasteiger partial charge in [-0.1, -0.05) is 0 Å². The Labute approximate surface area is 175 Å². The highest BCUT2D eigenvalue weighted by Gasteiger charge is 2.15. The van der Waals surface area contributed by atoms with Crippen molar-refractivity contribution in [1.82, 2.24) is 40.1 Å². The Morgan fingerprint density at radius 1 is 0.871 bits per heavy atom. The van der Waals surface area contributed by atoms with Crippen molar-refractivity contribution in [3.63, 3.8) is 0 Å². The van der Waals surface area contributed by atoms with Gasteiger partial charge in [0.2, 0.25) is 0 Å². The van der Waals surface area contributed by atoms with Crippen LogP contribution in [0.4, 0.5) is 4.39 Å². The van der Waals surface area contributed by atoms with Crippen LogP contribution in [0.1, 0.15) is 0 Å². The van der Waals surface area contributed by atoms with Crippen LogP contribution in [0.5, 0.6) is 0 Å². The molecule has 0 aromatic carbocycles. The minimum Gasteiger partial charge on any atom is -0.346 e. The first-order valence-electron chi connectivity index (χ1n) is 9.44. The summed E-state index contributed by atoms with van der Waals surface area (Å²) < 4.78 is 16.7. The quantitative estimate of drug-likeness (QED) is 0.320. The summed E-state index contributed by atoms with van der Waals surface area (Å²) in [4.78, 5) is 25.2. The minimum atomic E-state index is -0.480. The number of rotatable bonds is 0. The van der Waals surface area contributed by atoms with Crippen molar-refractivity contribution in [2.24, 2.45) is 0 Å². The Balaban J connectivity index is 1.82. The molecule has 0 atom stereocenters. The maximum absolute atomic E-state index is 15.7. The van der Waals surface area contributed by atoms with Crippen molar-refractivity contribution in [3.8, 4) is 0 Å². The molecule has 0 saturated carbocycles. The number of halogens is 1. The zero-order chi connectivity index (χ0) is 20.5. The van der Waals surface area contributed by atoms with Crippen LogP contribution in [0.2, 0.25) is 0 Å². The number of nitrogens with zero attached hydrogens (tertiary/aromatic N) is 5. The van der Waals surface area contributed by atoms with E-state index in [9.17, 15) is 0 Å². The first-order valence-corrected chi connectivity index (χ1v) is 10.3. The number of aromatic nitrogens is 8. The fraction of sp³-hybridized carbons (Fsp3) is 0. The molecule has 0 aliphatic heterocycles. The van der Waals surface area contributed by atoms with E-state index in [4.69, 9.17) is 4.98 Å². The molecule has 7 heterocycles. The second-order valence-corrected chi connectivity index (χ2v) is 8.29. The average molecular weight is 426 g/mol. The van der Waals surface area contributed by atoms with Gasteiger partial charge in [0.25, 0.3) is 0 Å². The predicted octanol–water partition coefficient (Wildman–Crippen LogP) is 4.89. The lowest BCUT2D eigenvalue weighted by Gasteiger charge is -1.98. The molecule has 0 radical (unpaired) electrons. The molecule has 7 rings (SSSR count). The van der Waals surface area contributed by atoms with Crippen LogP contribution >= 0.6 is 11.3 Å². The summed E-state index contributed by atoms with van der Waals surface area (Å²) in [6.07, 6.45) is 8.36. The third-order valence-electron chi connectivity index (χ3n) is 5.31. The Hall–Kier alpha value is -4.18. The maximum atomic E-state index is 15.7. The number of nitrogens with one attached hydrogen (secondary N) is 3. The van der Waals surface area contributed by atoms with E-state index in [-0.39, 0.29) is 5.52 Å². The molecular formula is C21H11FN8S. The zero-order valence-electron chi connectivity index (χ0n) is 15.6. The van der Waals surface area contributed by atoms with Gasteiger partial charge in [0, 0.05) is 27.9 Å². The van der Waals surface area contributed by atoms with Crippen LogP contribution < -0.4 is 0 Å². The lowest BCUT2D eigenvalue weighted by atomic mass is 10.2. The molecule has 0 aliphatic rings. The van der Waals surface area contributed by atoms with Gasteiger partial charge >= 0.3 is 0 Å². The summed E-state index contributed by atoms with van der Waals surface area (Å²) in [7, 11) is 0. The molecule has 0 spiro atoms. The van der Waals surface area contributed by atoms with E-state index in [2.05, 4.69) is 35.1 Å². The molecule has 8 bridgehead atoms. The van der Waals surface area contributed by atoms with E-state index < -0.39 is 5.82 Å². The van der Waals surface area contributed by atoms with Gasteiger partial charge in [-0.2, -0.15) is 5.10 Å². The van der Waals surface area contributed by atoms with Gasteiger partial charge in [-0.15, -0.1) is 11.3 Å². The summed E-state index contributed by atoms with van der Waals surface area (Å²) in [5.74, 6) is -0.480. The molecule has 10 heteroatoms.